The Labute approximate surface area is 165 Å². The fourth-order valence-electron chi connectivity index (χ4n) is 3.24. The molecule has 1 amide bonds. The molecular weight excluding hydrogens is 362 g/mol. The SMILES string of the molecule is Cc1cnc(N(C)C)nc1N[C@H]1CC[C@@H](NC(=O)c2ccc(Cl)cc2)CC1. The van der Waals surface area contributed by atoms with Crippen LogP contribution in [-0.2, 0) is 0 Å². The molecule has 1 aromatic heterocycles. The fraction of sp³-hybridized carbons (Fsp3) is 0.450. The lowest BCUT2D eigenvalue weighted by atomic mass is 9.91. The van der Waals surface area contributed by atoms with Crippen LogP contribution in [0, 0.1) is 6.92 Å². The molecule has 7 heteroatoms. The summed E-state index contributed by atoms with van der Waals surface area (Å²) in [6.45, 7) is 2.01. The third kappa shape index (κ3) is 5.10. The average molecular weight is 388 g/mol. The number of carbonyl (C=O) groups excluding carboxylic acids is 1. The first-order chi connectivity index (χ1) is 12.9. The van der Waals surface area contributed by atoms with E-state index in [2.05, 4.69) is 20.6 Å². The second-order valence-corrected chi connectivity index (χ2v) is 7.71. The number of aromatic nitrogens is 2. The van der Waals surface area contributed by atoms with Crippen LogP contribution in [0.25, 0.3) is 0 Å². The van der Waals surface area contributed by atoms with Crippen LogP contribution in [0.4, 0.5) is 11.8 Å². The summed E-state index contributed by atoms with van der Waals surface area (Å²) in [5.41, 5.74) is 1.69. The minimum atomic E-state index is -0.0367. The number of nitrogens with one attached hydrogen (secondary N) is 2. The number of carbonyl (C=O) groups is 1. The highest BCUT2D eigenvalue weighted by Crippen LogP contribution is 2.24. The quantitative estimate of drug-likeness (QED) is 0.819. The van der Waals surface area contributed by atoms with E-state index in [0.29, 0.717) is 22.6 Å². The Morgan fingerprint density at radius 2 is 1.74 bits per heavy atom. The predicted molar refractivity (Wildman–Crippen MR) is 110 cm³/mol. The molecule has 3 rings (SSSR count). The molecule has 0 atom stereocenters. The first-order valence-corrected chi connectivity index (χ1v) is 9.64. The van der Waals surface area contributed by atoms with E-state index < -0.39 is 0 Å². The monoisotopic (exact) mass is 387 g/mol. The second-order valence-electron chi connectivity index (χ2n) is 7.27. The van der Waals surface area contributed by atoms with E-state index in [0.717, 1.165) is 37.1 Å². The summed E-state index contributed by atoms with van der Waals surface area (Å²) in [5, 5.41) is 7.32. The van der Waals surface area contributed by atoms with Gasteiger partial charge in [-0.05, 0) is 56.9 Å². The minimum Gasteiger partial charge on any atom is -0.367 e. The highest BCUT2D eigenvalue weighted by atomic mass is 35.5. The molecule has 0 saturated heterocycles. The summed E-state index contributed by atoms with van der Waals surface area (Å²) in [6, 6.07) is 7.55. The van der Waals surface area contributed by atoms with Crippen molar-refractivity contribution in [2.75, 3.05) is 24.3 Å². The van der Waals surface area contributed by atoms with Gasteiger partial charge in [0.25, 0.3) is 5.91 Å². The van der Waals surface area contributed by atoms with E-state index in [1.54, 1.807) is 24.3 Å². The third-order valence-electron chi connectivity index (χ3n) is 4.87. The third-order valence-corrected chi connectivity index (χ3v) is 5.12. The van der Waals surface area contributed by atoms with Crippen molar-refractivity contribution in [3.05, 3.63) is 46.6 Å². The highest BCUT2D eigenvalue weighted by molar-refractivity contribution is 6.30. The lowest BCUT2D eigenvalue weighted by Crippen LogP contribution is -2.40. The number of rotatable bonds is 5. The maximum Gasteiger partial charge on any atom is 0.251 e. The zero-order chi connectivity index (χ0) is 19.4. The maximum absolute atomic E-state index is 12.4. The predicted octanol–water partition coefficient (Wildman–Crippen LogP) is 3.66. The Morgan fingerprint density at radius 1 is 1.11 bits per heavy atom. The number of benzene rings is 1. The summed E-state index contributed by atoms with van der Waals surface area (Å²) in [5.74, 6) is 1.56. The van der Waals surface area contributed by atoms with Crippen LogP contribution in [0.5, 0.6) is 0 Å². The number of amides is 1. The maximum atomic E-state index is 12.4. The molecule has 6 nitrogen and oxygen atoms in total. The van der Waals surface area contributed by atoms with E-state index in [4.69, 9.17) is 11.6 Å². The molecule has 0 bridgehead atoms. The highest BCUT2D eigenvalue weighted by Gasteiger charge is 2.23. The van der Waals surface area contributed by atoms with Crippen molar-refractivity contribution >= 4 is 29.3 Å². The molecule has 27 heavy (non-hydrogen) atoms. The largest absolute Gasteiger partial charge is 0.367 e. The van der Waals surface area contributed by atoms with Gasteiger partial charge < -0.3 is 15.5 Å². The summed E-state index contributed by atoms with van der Waals surface area (Å²) in [4.78, 5) is 23.2. The van der Waals surface area contributed by atoms with E-state index in [9.17, 15) is 4.79 Å². The number of hydrogen-bond donors (Lipinski definition) is 2. The smallest absolute Gasteiger partial charge is 0.251 e. The topological polar surface area (TPSA) is 70.2 Å². The summed E-state index contributed by atoms with van der Waals surface area (Å²) >= 11 is 5.88. The minimum absolute atomic E-state index is 0.0367. The van der Waals surface area contributed by atoms with Gasteiger partial charge in [0.15, 0.2) is 0 Å². The summed E-state index contributed by atoms with van der Waals surface area (Å²) in [6.07, 6.45) is 5.73. The van der Waals surface area contributed by atoms with Crippen LogP contribution in [0.1, 0.15) is 41.6 Å². The van der Waals surface area contributed by atoms with Crippen molar-refractivity contribution < 1.29 is 4.79 Å². The Bertz CT molecular complexity index is 785. The molecule has 1 heterocycles. The molecule has 2 aromatic rings. The zero-order valence-electron chi connectivity index (χ0n) is 16.0. The van der Waals surface area contributed by atoms with Gasteiger partial charge in [0.1, 0.15) is 5.82 Å². The van der Waals surface area contributed by atoms with Crippen LogP contribution >= 0.6 is 11.6 Å². The van der Waals surface area contributed by atoms with Gasteiger partial charge in [-0.25, -0.2) is 4.98 Å². The Hall–Kier alpha value is -2.34. The number of anilines is 2. The van der Waals surface area contributed by atoms with E-state index in [-0.39, 0.29) is 11.9 Å². The van der Waals surface area contributed by atoms with Gasteiger partial charge in [-0.2, -0.15) is 4.98 Å². The van der Waals surface area contributed by atoms with E-state index >= 15 is 0 Å². The van der Waals surface area contributed by atoms with Crippen LogP contribution in [0.15, 0.2) is 30.5 Å². The number of nitrogens with zero attached hydrogens (tertiary/aromatic N) is 3. The Balaban J connectivity index is 1.52. The molecule has 1 saturated carbocycles. The van der Waals surface area contributed by atoms with Gasteiger partial charge in [0.2, 0.25) is 5.95 Å². The Morgan fingerprint density at radius 3 is 2.37 bits per heavy atom. The number of hydrogen-bond acceptors (Lipinski definition) is 5. The van der Waals surface area contributed by atoms with Gasteiger partial charge in [-0.1, -0.05) is 11.6 Å². The zero-order valence-corrected chi connectivity index (χ0v) is 16.8. The second kappa shape index (κ2) is 8.57. The van der Waals surface area contributed by atoms with Gasteiger partial charge >= 0.3 is 0 Å². The van der Waals surface area contributed by atoms with Crippen LogP contribution < -0.4 is 15.5 Å². The molecule has 1 aliphatic carbocycles. The van der Waals surface area contributed by atoms with Crippen molar-refractivity contribution in [3.8, 4) is 0 Å². The molecule has 2 N–H and O–H groups in total. The van der Waals surface area contributed by atoms with Gasteiger partial charge in [0, 0.05) is 48.5 Å². The van der Waals surface area contributed by atoms with Crippen molar-refractivity contribution in [3.63, 3.8) is 0 Å². The Kier molecular flexibility index (Phi) is 6.16. The first kappa shape index (κ1) is 19.4. The van der Waals surface area contributed by atoms with Crippen LogP contribution in [0.2, 0.25) is 5.02 Å². The van der Waals surface area contributed by atoms with Crippen LogP contribution in [-0.4, -0.2) is 42.1 Å². The first-order valence-electron chi connectivity index (χ1n) is 9.26. The average Bonchev–Trinajstić information content (AvgIpc) is 2.65. The van der Waals surface area contributed by atoms with Gasteiger partial charge in [-0.15, -0.1) is 0 Å². The molecule has 1 aromatic carbocycles. The van der Waals surface area contributed by atoms with Crippen molar-refractivity contribution in [2.24, 2.45) is 0 Å². The fourth-order valence-corrected chi connectivity index (χ4v) is 3.37. The molecule has 144 valence electrons. The van der Waals surface area contributed by atoms with E-state index in [1.165, 1.54) is 0 Å². The van der Waals surface area contributed by atoms with Crippen molar-refractivity contribution in [1.29, 1.82) is 0 Å². The summed E-state index contributed by atoms with van der Waals surface area (Å²) in [7, 11) is 3.87. The molecular formula is C20H26ClN5O. The van der Waals surface area contributed by atoms with E-state index in [1.807, 2.05) is 32.1 Å². The number of aryl methyl sites for hydroxylation is 1. The van der Waals surface area contributed by atoms with Crippen molar-refractivity contribution in [1.82, 2.24) is 15.3 Å². The standard InChI is InChI=1S/C20H26ClN5O/c1-13-12-22-20(26(2)3)25-18(13)23-16-8-10-17(11-9-16)24-19(27)14-4-6-15(21)7-5-14/h4-7,12,16-17H,8-11H2,1-3H3,(H,24,27)(H,22,23,25)/t16-,17+. The molecule has 0 spiro atoms. The lowest BCUT2D eigenvalue weighted by Gasteiger charge is -2.30. The van der Waals surface area contributed by atoms with Crippen molar-refractivity contribution in [2.45, 2.75) is 44.7 Å². The van der Waals surface area contributed by atoms with Gasteiger partial charge in [-0.3, -0.25) is 4.79 Å². The molecule has 1 fully saturated rings. The normalized spacial score (nSPS) is 19.4. The molecule has 0 aliphatic heterocycles. The molecule has 1 aliphatic rings. The lowest BCUT2D eigenvalue weighted by molar-refractivity contribution is 0.0926. The molecule has 0 unspecified atom stereocenters. The number of halogens is 1. The molecule has 0 radical (unpaired) electrons. The van der Waals surface area contributed by atoms with Gasteiger partial charge in [0.05, 0.1) is 0 Å². The van der Waals surface area contributed by atoms with Crippen LogP contribution in [0.3, 0.4) is 0 Å². The summed E-state index contributed by atoms with van der Waals surface area (Å²) < 4.78 is 0.